The van der Waals surface area contributed by atoms with Gasteiger partial charge >= 0.3 is 5.51 Å². The van der Waals surface area contributed by atoms with Crippen LogP contribution in [0.25, 0.3) is 11.3 Å². The van der Waals surface area contributed by atoms with E-state index in [-0.39, 0.29) is 16.7 Å². The van der Waals surface area contributed by atoms with E-state index in [0.717, 1.165) is 24.1 Å². The van der Waals surface area contributed by atoms with Crippen molar-refractivity contribution in [3.05, 3.63) is 60.7 Å². The number of alkyl halides is 3. The molecule has 0 saturated heterocycles. The van der Waals surface area contributed by atoms with Crippen molar-refractivity contribution in [2.24, 2.45) is 0 Å². The monoisotopic (exact) mass is 402 g/mol. The Labute approximate surface area is 164 Å². The first-order chi connectivity index (χ1) is 13.4. The van der Waals surface area contributed by atoms with Crippen molar-refractivity contribution in [3.63, 3.8) is 0 Å². The van der Waals surface area contributed by atoms with Gasteiger partial charge in [-0.3, -0.25) is 0 Å². The van der Waals surface area contributed by atoms with E-state index >= 15 is 0 Å². The maximum Gasteiger partial charge on any atom is 0.446 e. The molecular formula is C20H17F3N4S. The number of benzene rings is 2. The Morgan fingerprint density at radius 2 is 1.71 bits per heavy atom. The normalized spacial score (nSPS) is 14.0. The van der Waals surface area contributed by atoms with Gasteiger partial charge in [0.25, 0.3) is 0 Å². The average Bonchev–Trinajstić information content (AvgIpc) is 3.45. The van der Waals surface area contributed by atoms with Crippen LogP contribution in [0.1, 0.15) is 12.8 Å². The van der Waals surface area contributed by atoms with Gasteiger partial charge in [-0.2, -0.15) is 18.2 Å². The molecule has 8 heteroatoms. The van der Waals surface area contributed by atoms with Gasteiger partial charge in [0.2, 0.25) is 5.95 Å². The molecule has 1 fully saturated rings. The molecule has 1 aromatic heterocycles. The van der Waals surface area contributed by atoms with Gasteiger partial charge in [0.05, 0.1) is 5.69 Å². The SMILES string of the molecule is FC(F)(F)Sc1cccc(Nc2cc(-c3ccccc3)nc(NC3CC3)n2)c1. The summed E-state index contributed by atoms with van der Waals surface area (Å²) in [6, 6.07) is 18.0. The molecule has 0 aliphatic heterocycles. The minimum Gasteiger partial charge on any atom is -0.351 e. The highest BCUT2D eigenvalue weighted by atomic mass is 32.2. The molecule has 3 aromatic rings. The Hall–Kier alpha value is -2.74. The zero-order valence-corrected chi connectivity index (χ0v) is 15.5. The maximum atomic E-state index is 12.6. The fourth-order valence-corrected chi connectivity index (χ4v) is 3.26. The molecule has 0 amide bonds. The molecular weight excluding hydrogens is 385 g/mol. The molecule has 28 heavy (non-hydrogen) atoms. The number of nitrogens with one attached hydrogen (secondary N) is 2. The highest BCUT2D eigenvalue weighted by Crippen LogP contribution is 2.38. The fourth-order valence-electron chi connectivity index (χ4n) is 2.66. The minimum absolute atomic E-state index is 0.117. The van der Waals surface area contributed by atoms with Crippen LogP contribution < -0.4 is 10.6 Å². The number of halogens is 3. The first-order valence-electron chi connectivity index (χ1n) is 8.78. The Morgan fingerprint density at radius 3 is 2.43 bits per heavy atom. The predicted octanol–water partition coefficient (Wildman–Crippen LogP) is 6.07. The second-order valence-electron chi connectivity index (χ2n) is 6.45. The fraction of sp³-hybridized carbons (Fsp3) is 0.200. The molecule has 4 nitrogen and oxygen atoms in total. The summed E-state index contributed by atoms with van der Waals surface area (Å²) in [7, 11) is 0. The number of aromatic nitrogens is 2. The van der Waals surface area contributed by atoms with Crippen LogP contribution in [0.4, 0.5) is 30.6 Å². The number of thioether (sulfide) groups is 1. The highest BCUT2D eigenvalue weighted by Gasteiger charge is 2.29. The molecule has 0 unspecified atom stereocenters. The van der Waals surface area contributed by atoms with Crippen LogP contribution in [-0.2, 0) is 0 Å². The van der Waals surface area contributed by atoms with Crippen LogP contribution in [0.2, 0.25) is 0 Å². The van der Waals surface area contributed by atoms with Crippen molar-refractivity contribution in [1.82, 2.24) is 9.97 Å². The first-order valence-corrected chi connectivity index (χ1v) is 9.60. The van der Waals surface area contributed by atoms with Gasteiger partial charge in [0, 0.05) is 28.3 Å². The molecule has 1 aliphatic rings. The van der Waals surface area contributed by atoms with E-state index < -0.39 is 5.51 Å². The quantitative estimate of drug-likeness (QED) is 0.490. The molecule has 144 valence electrons. The van der Waals surface area contributed by atoms with Crippen molar-refractivity contribution in [3.8, 4) is 11.3 Å². The van der Waals surface area contributed by atoms with Gasteiger partial charge in [-0.05, 0) is 42.8 Å². The van der Waals surface area contributed by atoms with E-state index in [0.29, 0.717) is 23.5 Å². The molecule has 1 aliphatic carbocycles. The van der Waals surface area contributed by atoms with E-state index in [1.54, 1.807) is 18.2 Å². The summed E-state index contributed by atoms with van der Waals surface area (Å²) < 4.78 is 37.9. The molecule has 0 radical (unpaired) electrons. The maximum absolute atomic E-state index is 12.6. The Balaban J connectivity index is 1.62. The van der Waals surface area contributed by atoms with Crippen molar-refractivity contribution in [2.75, 3.05) is 10.6 Å². The number of hydrogen-bond acceptors (Lipinski definition) is 5. The highest BCUT2D eigenvalue weighted by molar-refractivity contribution is 8.00. The predicted molar refractivity (Wildman–Crippen MR) is 106 cm³/mol. The third-order valence-corrected chi connectivity index (χ3v) is 4.77. The second-order valence-corrected chi connectivity index (χ2v) is 7.59. The van der Waals surface area contributed by atoms with Crippen molar-refractivity contribution in [2.45, 2.75) is 29.3 Å². The number of anilines is 3. The van der Waals surface area contributed by atoms with Crippen LogP contribution in [0, 0.1) is 0 Å². The lowest BCUT2D eigenvalue weighted by molar-refractivity contribution is -0.0328. The van der Waals surface area contributed by atoms with Crippen LogP contribution >= 0.6 is 11.8 Å². The van der Waals surface area contributed by atoms with Crippen LogP contribution in [0.15, 0.2) is 65.6 Å². The standard InChI is InChI=1S/C20H17F3N4S/c21-20(22,23)28-16-8-4-7-15(11-16)24-18-12-17(13-5-2-1-3-6-13)26-19(27-18)25-14-9-10-14/h1-8,11-12,14H,9-10H2,(H2,24,25,26,27). The van der Waals surface area contributed by atoms with E-state index in [2.05, 4.69) is 20.6 Å². The summed E-state index contributed by atoms with van der Waals surface area (Å²) in [5, 5.41) is 6.38. The van der Waals surface area contributed by atoms with Gasteiger partial charge in [-0.25, -0.2) is 4.98 Å². The zero-order chi connectivity index (χ0) is 19.6. The summed E-state index contributed by atoms with van der Waals surface area (Å²) in [5.74, 6) is 1.03. The number of nitrogens with zero attached hydrogens (tertiary/aromatic N) is 2. The van der Waals surface area contributed by atoms with Crippen molar-refractivity contribution in [1.29, 1.82) is 0 Å². The summed E-state index contributed by atoms with van der Waals surface area (Å²) in [4.78, 5) is 9.17. The largest absolute Gasteiger partial charge is 0.446 e. The molecule has 2 N–H and O–H groups in total. The first kappa shape index (κ1) is 18.6. The lowest BCUT2D eigenvalue weighted by Gasteiger charge is -2.12. The number of rotatable bonds is 6. The summed E-state index contributed by atoms with van der Waals surface area (Å²) in [5.41, 5.74) is -2.12. The lowest BCUT2D eigenvalue weighted by atomic mass is 10.1. The Morgan fingerprint density at radius 1 is 0.929 bits per heavy atom. The Kier molecular flexibility index (Phi) is 5.13. The van der Waals surface area contributed by atoms with E-state index in [1.807, 2.05) is 30.3 Å². The van der Waals surface area contributed by atoms with Crippen molar-refractivity contribution < 1.29 is 13.2 Å². The van der Waals surface area contributed by atoms with Gasteiger partial charge in [-0.1, -0.05) is 36.4 Å². The van der Waals surface area contributed by atoms with Gasteiger partial charge in [0.15, 0.2) is 0 Å². The molecule has 1 saturated carbocycles. The van der Waals surface area contributed by atoms with Crippen LogP contribution in [0.5, 0.6) is 0 Å². The minimum atomic E-state index is -4.32. The molecule has 0 spiro atoms. The zero-order valence-electron chi connectivity index (χ0n) is 14.7. The average molecular weight is 402 g/mol. The van der Waals surface area contributed by atoms with E-state index in [9.17, 15) is 13.2 Å². The molecule has 1 heterocycles. The summed E-state index contributed by atoms with van der Waals surface area (Å²) >= 11 is -0.140. The van der Waals surface area contributed by atoms with Gasteiger partial charge in [-0.15, -0.1) is 0 Å². The van der Waals surface area contributed by atoms with Crippen LogP contribution in [0.3, 0.4) is 0 Å². The third-order valence-electron chi connectivity index (χ3n) is 4.05. The van der Waals surface area contributed by atoms with E-state index in [1.165, 1.54) is 12.1 Å². The molecule has 4 rings (SSSR count). The van der Waals surface area contributed by atoms with Gasteiger partial charge in [0.1, 0.15) is 5.82 Å². The van der Waals surface area contributed by atoms with Crippen LogP contribution in [-0.4, -0.2) is 21.5 Å². The number of hydrogen-bond donors (Lipinski definition) is 2. The Bertz CT molecular complexity index is 959. The van der Waals surface area contributed by atoms with E-state index in [4.69, 9.17) is 0 Å². The van der Waals surface area contributed by atoms with Crippen molar-refractivity contribution >= 4 is 29.2 Å². The summed E-state index contributed by atoms with van der Waals surface area (Å²) in [6.45, 7) is 0. The smallest absolute Gasteiger partial charge is 0.351 e. The third kappa shape index (κ3) is 5.16. The lowest BCUT2D eigenvalue weighted by Crippen LogP contribution is -2.07. The molecule has 0 bridgehead atoms. The summed E-state index contributed by atoms with van der Waals surface area (Å²) in [6.07, 6.45) is 2.16. The molecule has 0 atom stereocenters. The second kappa shape index (κ2) is 7.71. The molecule has 2 aromatic carbocycles. The van der Waals surface area contributed by atoms with Gasteiger partial charge < -0.3 is 10.6 Å². The topological polar surface area (TPSA) is 49.8 Å².